The van der Waals surface area contributed by atoms with Gasteiger partial charge in [0.1, 0.15) is 5.82 Å². The van der Waals surface area contributed by atoms with Crippen LogP contribution in [0.4, 0.5) is 4.39 Å². The molecule has 17 heavy (non-hydrogen) atoms. The standard InChI is InChI=1S/C14H19FN2/c1-4-17-9-11(8-10(2)16-3)12-6-5-7-13(15)14(12)17/h5-7,9-10,16H,4,8H2,1-3H3. The van der Waals surface area contributed by atoms with Crippen molar-refractivity contribution in [1.82, 2.24) is 9.88 Å². The number of fused-ring (bicyclic) bond motifs is 1. The van der Waals surface area contributed by atoms with Gasteiger partial charge < -0.3 is 9.88 Å². The van der Waals surface area contributed by atoms with Gasteiger partial charge in [-0.2, -0.15) is 0 Å². The Morgan fingerprint density at radius 1 is 1.41 bits per heavy atom. The molecule has 0 bridgehead atoms. The molecule has 0 saturated heterocycles. The van der Waals surface area contributed by atoms with Gasteiger partial charge in [-0.1, -0.05) is 12.1 Å². The normalized spacial score (nSPS) is 13.2. The summed E-state index contributed by atoms with van der Waals surface area (Å²) < 4.78 is 15.8. The molecule has 1 aromatic heterocycles. The lowest BCUT2D eigenvalue weighted by atomic mass is 10.1. The van der Waals surface area contributed by atoms with E-state index in [-0.39, 0.29) is 5.82 Å². The summed E-state index contributed by atoms with van der Waals surface area (Å²) in [6.07, 6.45) is 2.99. The van der Waals surface area contributed by atoms with E-state index in [1.807, 2.05) is 24.6 Å². The van der Waals surface area contributed by atoms with E-state index >= 15 is 0 Å². The fourth-order valence-electron chi connectivity index (χ4n) is 2.23. The minimum Gasteiger partial charge on any atom is -0.345 e. The van der Waals surface area contributed by atoms with Crippen molar-refractivity contribution in [3.63, 3.8) is 0 Å². The lowest BCUT2D eigenvalue weighted by molar-refractivity contribution is 0.608. The van der Waals surface area contributed by atoms with Crippen LogP contribution in [0.2, 0.25) is 0 Å². The van der Waals surface area contributed by atoms with Gasteiger partial charge in [-0.15, -0.1) is 0 Å². The van der Waals surface area contributed by atoms with Crippen molar-refractivity contribution < 1.29 is 4.39 Å². The first kappa shape index (κ1) is 12.1. The van der Waals surface area contributed by atoms with Crippen molar-refractivity contribution in [2.24, 2.45) is 0 Å². The van der Waals surface area contributed by atoms with Crippen LogP contribution >= 0.6 is 0 Å². The van der Waals surface area contributed by atoms with Crippen LogP contribution in [-0.2, 0) is 13.0 Å². The molecule has 1 aromatic carbocycles. The van der Waals surface area contributed by atoms with Gasteiger partial charge in [-0.25, -0.2) is 4.39 Å². The highest BCUT2D eigenvalue weighted by Crippen LogP contribution is 2.25. The number of halogens is 1. The number of nitrogens with one attached hydrogen (secondary N) is 1. The molecule has 1 N–H and O–H groups in total. The molecule has 2 nitrogen and oxygen atoms in total. The summed E-state index contributed by atoms with van der Waals surface area (Å²) in [5.74, 6) is -0.132. The second-order valence-corrected chi connectivity index (χ2v) is 4.47. The minimum atomic E-state index is -0.132. The number of nitrogens with zero attached hydrogens (tertiary/aromatic N) is 1. The number of para-hydroxylation sites is 1. The summed E-state index contributed by atoms with van der Waals surface area (Å²) in [5.41, 5.74) is 1.94. The minimum absolute atomic E-state index is 0.132. The molecule has 0 amide bonds. The quantitative estimate of drug-likeness (QED) is 0.860. The van der Waals surface area contributed by atoms with E-state index < -0.39 is 0 Å². The van der Waals surface area contributed by atoms with Crippen molar-refractivity contribution in [3.05, 3.63) is 35.8 Å². The summed E-state index contributed by atoms with van der Waals surface area (Å²) >= 11 is 0. The second kappa shape index (κ2) is 4.88. The van der Waals surface area contributed by atoms with Crippen molar-refractivity contribution >= 4 is 10.9 Å². The molecular weight excluding hydrogens is 215 g/mol. The average Bonchev–Trinajstić information content (AvgIpc) is 2.69. The SMILES string of the molecule is CCn1cc(CC(C)NC)c2cccc(F)c21. The summed E-state index contributed by atoms with van der Waals surface area (Å²) in [6, 6.07) is 5.71. The van der Waals surface area contributed by atoms with Gasteiger partial charge in [-0.05, 0) is 38.9 Å². The first-order valence-corrected chi connectivity index (χ1v) is 6.10. The first-order chi connectivity index (χ1) is 8.17. The van der Waals surface area contributed by atoms with Gasteiger partial charge in [0.15, 0.2) is 0 Å². The molecule has 0 aliphatic rings. The zero-order valence-electron chi connectivity index (χ0n) is 10.6. The van der Waals surface area contributed by atoms with E-state index in [0.717, 1.165) is 23.9 Å². The van der Waals surface area contributed by atoms with Gasteiger partial charge in [0, 0.05) is 24.2 Å². The van der Waals surface area contributed by atoms with Crippen molar-refractivity contribution in [2.45, 2.75) is 32.9 Å². The van der Waals surface area contributed by atoms with E-state index in [1.165, 1.54) is 11.6 Å². The predicted molar refractivity (Wildman–Crippen MR) is 69.8 cm³/mol. The molecule has 1 unspecified atom stereocenters. The van der Waals surface area contributed by atoms with E-state index in [0.29, 0.717) is 6.04 Å². The fraction of sp³-hybridized carbons (Fsp3) is 0.429. The lowest BCUT2D eigenvalue weighted by Gasteiger charge is -2.08. The molecular formula is C14H19FN2. The maximum Gasteiger partial charge on any atom is 0.147 e. The predicted octanol–water partition coefficient (Wildman–Crippen LogP) is 2.95. The summed E-state index contributed by atoms with van der Waals surface area (Å²) in [6.45, 7) is 4.97. The Bertz CT molecular complexity index is 516. The van der Waals surface area contributed by atoms with Crippen LogP contribution in [0.1, 0.15) is 19.4 Å². The Hall–Kier alpha value is -1.35. The molecule has 1 heterocycles. The Kier molecular flexibility index (Phi) is 3.48. The average molecular weight is 234 g/mol. The lowest BCUT2D eigenvalue weighted by Crippen LogP contribution is -2.23. The molecule has 2 rings (SSSR count). The van der Waals surface area contributed by atoms with Gasteiger partial charge in [0.2, 0.25) is 0 Å². The first-order valence-electron chi connectivity index (χ1n) is 6.10. The van der Waals surface area contributed by atoms with E-state index in [2.05, 4.69) is 18.4 Å². The highest BCUT2D eigenvalue weighted by molar-refractivity contribution is 5.84. The number of rotatable bonds is 4. The largest absolute Gasteiger partial charge is 0.345 e. The van der Waals surface area contributed by atoms with Crippen LogP contribution in [0.25, 0.3) is 10.9 Å². The van der Waals surface area contributed by atoms with E-state index in [9.17, 15) is 4.39 Å². The molecule has 0 aliphatic heterocycles. The van der Waals surface area contributed by atoms with Gasteiger partial charge in [-0.3, -0.25) is 0 Å². The number of aryl methyl sites for hydroxylation is 1. The van der Waals surface area contributed by atoms with E-state index in [4.69, 9.17) is 0 Å². The topological polar surface area (TPSA) is 17.0 Å². The molecule has 0 saturated carbocycles. The molecule has 0 fully saturated rings. The number of benzene rings is 1. The van der Waals surface area contributed by atoms with Gasteiger partial charge >= 0.3 is 0 Å². The maximum atomic E-state index is 13.8. The fourth-order valence-corrected chi connectivity index (χ4v) is 2.23. The van der Waals surface area contributed by atoms with E-state index in [1.54, 1.807) is 6.07 Å². The number of aromatic nitrogens is 1. The number of hydrogen-bond acceptors (Lipinski definition) is 1. The Morgan fingerprint density at radius 3 is 2.82 bits per heavy atom. The molecule has 0 aliphatic carbocycles. The second-order valence-electron chi connectivity index (χ2n) is 4.47. The zero-order chi connectivity index (χ0) is 12.4. The monoisotopic (exact) mass is 234 g/mol. The van der Waals surface area contributed by atoms with Crippen LogP contribution in [0.5, 0.6) is 0 Å². The van der Waals surface area contributed by atoms with Crippen molar-refractivity contribution in [1.29, 1.82) is 0 Å². The zero-order valence-corrected chi connectivity index (χ0v) is 10.6. The van der Waals surface area contributed by atoms with Gasteiger partial charge in [0.25, 0.3) is 0 Å². The molecule has 92 valence electrons. The smallest absolute Gasteiger partial charge is 0.147 e. The third-order valence-corrected chi connectivity index (χ3v) is 3.29. The van der Waals surface area contributed by atoms with Crippen LogP contribution in [0.15, 0.2) is 24.4 Å². The molecule has 1 atom stereocenters. The van der Waals surface area contributed by atoms with Crippen LogP contribution < -0.4 is 5.32 Å². The summed E-state index contributed by atoms with van der Waals surface area (Å²) in [5, 5.41) is 4.25. The van der Waals surface area contributed by atoms with Crippen LogP contribution in [0, 0.1) is 5.82 Å². The molecule has 0 radical (unpaired) electrons. The molecule has 3 heteroatoms. The highest BCUT2D eigenvalue weighted by atomic mass is 19.1. The Balaban J connectivity index is 2.53. The Morgan fingerprint density at radius 2 is 2.18 bits per heavy atom. The van der Waals surface area contributed by atoms with Crippen molar-refractivity contribution in [3.8, 4) is 0 Å². The molecule has 2 aromatic rings. The van der Waals surface area contributed by atoms with Crippen molar-refractivity contribution in [2.75, 3.05) is 7.05 Å². The van der Waals surface area contributed by atoms with Gasteiger partial charge in [0.05, 0.1) is 5.52 Å². The Labute approximate surface area is 101 Å². The number of hydrogen-bond donors (Lipinski definition) is 1. The van der Waals surface area contributed by atoms with Crippen LogP contribution in [0.3, 0.4) is 0 Å². The third kappa shape index (κ3) is 2.20. The van der Waals surface area contributed by atoms with Crippen LogP contribution in [-0.4, -0.2) is 17.7 Å². The maximum absolute atomic E-state index is 13.8. The summed E-state index contributed by atoms with van der Waals surface area (Å²) in [7, 11) is 1.95. The number of likely N-dealkylation sites (N-methyl/N-ethyl adjacent to an activating group) is 1. The summed E-state index contributed by atoms with van der Waals surface area (Å²) in [4.78, 5) is 0. The third-order valence-electron chi connectivity index (χ3n) is 3.29. The molecule has 0 spiro atoms. The highest BCUT2D eigenvalue weighted by Gasteiger charge is 2.12.